The molecular formula is C28H37F3N2O3. The Morgan fingerprint density at radius 3 is 1.89 bits per heavy atom. The van der Waals surface area contributed by atoms with Gasteiger partial charge in [0.1, 0.15) is 5.60 Å². The molecule has 0 atom stereocenters. The van der Waals surface area contributed by atoms with Crippen molar-refractivity contribution in [1.82, 2.24) is 10.2 Å². The highest BCUT2D eigenvalue weighted by Crippen LogP contribution is 2.45. The van der Waals surface area contributed by atoms with Crippen LogP contribution in [0.1, 0.15) is 57.6 Å². The van der Waals surface area contributed by atoms with Crippen LogP contribution in [0, 0.1) is 0 Å². The van der Waals surface area contributed by atoms with Crippen molar-refractivity contribution in [1.29, 1.82) is 0 Å². The average Bonchev–Trinajstić information content (AvgIpc) is 2.81. The van der Waals surface area contributed by atoms with E-state index in [1.165, 1.54) is 0 Å². The zero-order valence-corrected chi connectivity index (χ0v) is 21.3. The second-order valence-electron chi connectivity index (χ2n) is 10.4. The van der Waals surface area contributed by atoms with Gasteiger partial charge in [0.2, 0.25) is 0 Å². The molecule has 198 valence electrons. The van der Waals surface area contributed by atoms with Gasteiger partial charge in [-0.1, -0.05) is 60.7 Å². The summed E-state index contributed by atoms with van der Waals surface area (Å²) in [4.78, 5) is 14.1. The summed E-state index contributed by atoms with van der Waals surface area (Å²) in [5.41, 5.74) is -0.622. The van der Waals surface area contributed by atoms with Gasteiger partial charge >= 0.3 is 12.3 Å². The van der Waals surface area contributed by atoms with Crippen molar-refractivity contribution in [3.63, 3.8) is 0 Å². The van der Waals surface area contributed by atoms with E-state index in [2.05, 4.69) is 10.2 Å². The third-order valence-electron chi connectivity index (χ3n) is 6.40. The van der Waals surface area contributed by atoms with Crippen molar-refractivity contribution in [2.24, 2.45) is 0 Å². The lowest BCUT2D eigenvalue weighted by molar-refractivity contribution is -0.289. The summed E-state index contributed by atoms with van der Waals surface area (Å²) in [5, 5.41) is 2.47. The van der Waals surface area contributed by atoms with E-state index in [9.17, 15) is 18.0 Å². The molecule has 36 heavy (non-hydrogen) atoms. The highest BCUT2D eigenvalue weighted by atomic mass is 19.4. The monoisotopic (exact) mass is 506 g/mol. The van der Waals surface area contributed by atoms with Gasteiger partial charge in [-0.25, -0.2) is 4.79 Å². The van der Waals surface area contributed by atoms with Crippen LogP contribution in [0.3, 0.4) is 0 Å². The number of halogens is 3. The van der Waals surface area contributed by atoms with Crippen LogP contribution in [0.2, 0.25) is 0 Å². The Kier molecular flexibility index (Phi) is 9.41. The predicted octanol–water partition coefficient (Wildman–Crippen LogP) is 6.47. The third-order valence-corrected chi connectivity index (χ3v) is 6.40. The lowest BCUT2D eigenvalue weighted by Crippen LogP contribution is -2.53. The second-order valence-corrected chi connectivity index (χ2v) is 10.4. The van der Waals surface area contributed by atoms with Gasteiger partial charge in [0.15, 0.2) is 5.60 Å². The molecule has 2 aromatic carbocycles. The number of benzene rings is 2. The fourth-order valence-corrected chi connectivity index (χ4v) is 4.61. The molecule has 0 saturated heterocycles. The third kappa shape index (κ3) is 8.23. The zero-order chi connectivity index (χ0) is 26.2. The van der Waals surface area contributed by atoms with Crippen molar-refractivity contribution in [2.45, 2.75) is 83.0 Å². The number of rotatable bonds is 9. The first-order valence-electron chi connectivity index (χ1n) is 12.5. The van der Waals surface area contributed by atoms with Crippen LogP contribution in [0.25, 0.3) is 0 Å². The van der Waals surface area contributed by atoms with Crippen LogP contribution in [-0.4, -0.2) is 47.6 Å². The molecule has 3 rings (SSSR count). The van der Waals surface area contributed by atoms with E-state index < -0.39 is 23.5 Å². The molecule has 2 aromatic rings. The van der Waals surface area contributed by atoms with Crippen LogP contribution in [0.4, 0.5) is 18.0 Å². The number of carbonyl (C=O) groups is 1. The normalized spacial score (nSPS) is 20.8. The highest BCUT2D eigenvalue weighted by Gasteiger charge is 2.57. The van der Waals surface area contributed by atoms with Gasteiger partial charge in [0.05, 0.1) is 6.61 Å². The number of hydrogen-bond donors (Lipinski definition) is 1. The number of nitrogens with one attached hydrogen (secondary N) is 1. The van der Waals surface area contributed by atoms with Crippen LogP contribution < -0.4 is 5.32 Å². The molecule has 0 radical (unpaired) electrons. The Morgan fingerprint density at radius 2 is 1.44 bits per heavy atom. The minimum atomic E-state index is -4.49. The number of nitrogens with zero attached hydrogens (tertiary/aromatic N) is 1. The maximum atomic E-state index is 14.2. The first-order chi connectivity index (χ1) is 17.0. The van der Waals surface area contributed by atoms with Crippen LogP contribution in [0.15, 0.2) is 60.7 Å². The molecule has 0 spiro atoms. The fraction of sp³-hybridized carbons (Fsp3) is 0.536. The van der Waals surface area contributed by atoms with Gasteiger partial charge in [0.25, 0.3) is 0 Å². The molecule has 1 N–H and O–H groups in total. The maximum absolute atomic E-state index is 14.2. The lowest BCUT2D eigenvalue weighted by Gasteiger charge is -2.44. The summed E-state index contributed by atoms with van der Waals surface area (Å²) < 4.78 is 53.1. The van der Waals surface area contributed by atoms with E-state index in [1.54, 1.807) is 20.8 Å². The van der Waals surface area contributed by atoms with Crippen LogP contribution >= 0.6 is 0 Å². The fourth-order valence-electron chi connectivity index (χ4n) is 4.61. The van der Waals surface area contributed by atoms with Gasteiger partial charge in [-0.2, -0.15) is 13.2 Å². The smallest absolute Gasteiger partial charge is 0.417 e. The van der Waals surface area contributed by atoms with Gasteiger partial charge < -0.3 is 14.8 Å². The molecule has 1 amide bonds. The summed E-state index contributed by atoms with van der Waals surface area (Å²) in [6.45, 7) is 6.21. The first-order valence-corrected chi connectivity index (χ1v) is 12.5. The molecule has 1 saturated carbocycles. The SMILES string of the molecule is CC(C)(C)OC(=O)NCCO[C@]1(C(F)(F)F)CC[C@@H](N(Cc2ccccc2)Cc2ccccc2)CC1. The summed E-state index contributed by atoms with van der Waals surface area (Å²) in [6, 6.07) is 20.0. The molecule has 8 heteroatoms. The van der Waals surface area contributed by atoms with E-state index in [0.717, 1.165) is 11.1 Å². The number of ether oxygens (including phenoxy) is 2. The Bertz CT molecular complexity index is 897. The minimum absolute atomic E-state index is 0.00405. The van der Waals surface area contributed by atoms with E-state index in [1.807, 2.05) is 60.7 Å². The molecule has 1 aliphatic rings. The Labute approximate surface area is 212 Å². The Hall–Kier alpha value is -2.58. The summed E-state index contributed by atoms with van der Waals surface area (Å²) in [6.07, 6.45) is -4.65. The number of hydrogen-bond acceptors (Lipinski definition) is 4. The van der Waals surface area contributed by atoms with Crippen molar-refractivity contribution in [3.8, 4) is 0 Å². The summed E-state index contributed by atoms with van der Waals surface area (Å²) in [7, 11) is 0. The molecule has 0 aliphatic heterocycles. The van der Waals surface area contributed by atoms with Crippen LogP contribution in [0.5, 0.6) is 0 Å². The van der Waals surface area contributed by atoms with Crippen molar-refractivity contribution in [2.75, 3.05) is 13.2 Å². The van der Waals surface area contributed by atoms with Crippen molar-refractivity contribution in [3.05, 3.63) is 71.8 Å². The van der Waals surface area contributed by atoms with Crippen LogP contribution in [-0.2, 0) is 22.6 Å². The number of carbonyl (C=O) groups excluding carboxylic acids is 1. The van der Waals surface area contributed by atoms with Gasteiger partial charge in [-0.3, -0.25) is 4.90 Å². The van der Waals surface area contributed by atoms with Gasteiger partial charge in [0, 0.05) is 25.7 Å². The van der Waals surface area contributed by atoms with E-state index in [0.29, 0.717) is 25.9 Å². The van der Waals surface area contributed by atoms with Crippen molar-refractivity contribution >= 4 is 6.09 Å². The van der Waals surface area contributed by atoms with Gasteiger partial charge in [-0.15, -0.1) is 0 Å². The van der Waals surface area contributed by atoms with Gasteiger partial charge in [-0.05, 0) is 57.6 Å². The number of amides is 1. The minimum Gasteiger partial charge on any atom is -0.444 e. The molecule has 1 aliphatic carbocycles. The Morgan fingerprint density at radius 1 is 0.944 bits per heavy atom. The van der Waals surface area contributed by atoms with Crippen molar-refractivity contribution < 1.29 is 27.4 Å². The molecular weight excluding hydrogens is 469 g/mol. The lowest BCUT2D eigenvalue weighted by atomic mass is 9.80. The topological polar surface area (TPSA) is 50.8 Å². The standard InChI is InChI=1S/C28H37F3N2O3/c1-26(2,3)36-25(34)32-18-19-35-27(28(29,30)31)16-14-24(15-17-27)33(20-22-10-6-4-7-11-22)21-23-12-8-5-9-13-23/h4-13,24H,14-21H2,1-3H3,(H,32,34)/t24-,27-. The van der Waals surface area contributed by atoms with E-state index in [-0.39, 0.29) is 32.0 Å². The average molecular weight is 507 g/mol. The molecule has 0 aromatic heterocycles. The molecule has 5 nitrogen and oxygen atoms in total. The molecule has 0 bridgehead atoms. The largest absolute Gasteiger partial charge is 0.444 e. The zero-order valence-electron chi connectivity index (χ0n) is 21.3. The molecule has 0 unspecified atom stereocenters. The maximum Gasteiger partial charge on any atom is 0.417 e. The predicted molar refractivity (Wildman–Crippen MR) is 133 cm³/mol. The summed E-state index contributed by atoms with van der Waals surface area (Å²) in [5.74, 6) is 0. The molecule has 1 fully saturated rings. The summed E-state index contributed by atoms with van der Waals surface area (Å²) >= 11 is 0. The van der Waals surface area contributed by atoms with E-state index in [4.69, 9.17) is 9.47 Å². The Balaban J connectivity index is 1.63. The van der Waals surface area contributed by atoms with E-state index >= 15 is 0 Å². The second kappa shape index (κ2) is 12.1. The quantitative estimate of drug-likeness (QED) is 0.396. The highest BCUT2D eigenvalue weighted by molar-refractivity contribution is 5.67. The number of alkyl carbamates (subject to hydrolysis) is 1. The molecule has 0 heterocycles. The number of alkyl halides is 3. The first kappa shape index (κ1) is 28.0.